The number of rotatable bonds is 13. The standard InChI is InChI=1S/C25H33N3O3S/c26-17-21-13-11-20(12-14-21)8-4-1-2-7-15-27-23(29)18-28-24(30)16-25(28)32(31)19-22-9-5-3-6-10-22/h3,5-6,9-14,25H,1-2,4,7-8,15-19,26H2,(H,27,29). The van der Waals surface area contributed by atoms with Crippen LogP contribution in [0.15, 0.2) is 54.6 Å². The zero-order valence-corrected chi connectivity index (χ0v) is 19.3. The predicted octanol–water partition coefficient (Wildman–Crippen LogP) is 2.87. The van der Waals surface area contributed by atoms with Crippen molar-refractivity contribution >= 4 is 22.6 Å². The molecule has 7 heteroatoms. The zero-order valence-electron chi connectivity index (χ0n) is 18.5. The average molecular weight is 456 g/mol. The average Bonchev–Trinajstić information content (AvgIpc) is 2.81. The van der Waals surface area contributed by atoms with Gasteiger partial charge in [0.25, 0.3) is 0 Å². The molecule has 0 radical (unpaired) electrons. The highest BCUT2D eigenvalue weighted by atomic mass is 32.2. The number of unbranched alkanes of at least 4 members (excludes halogenated alkanes) is 3. The van der Waals surface area contributed by atoms with E-state index in [4.69, 9.17) is 5.73 Å². The fraction of sp³-hybridized carbons (Fsp3) is 0.440. The van der Waals surface area contributed by atoms with E-state index in [1.54, 1.807) is 0 Å². The summed E-state index contributed by atoms with van der Waals surface area (Å²) in [6.07, 6.45) is 5.49. The first-order valence-corrected chi connectivity index (χ1v) is 12.7. The van der Waals surface area contributed by atoms with Crippen LogP contribution in [0.4, 0.5) is 0 Å². The Morgan fingerprint density at radius 2 is 1.66 bits per heavy atom. The molecule has 2 aromatic rings. The third-order valence-electron chi connectivity index (χ3n) is 5.76. The van der Waals surface area contributed by atoms with Gasteiger partial charge < -0.3 is 16.0 Å². The maximum Gasteiger partial charge on any atom is 0.239 e. The lowest BCUT2D eigenvalue weighted by atomic mass is 10.0. The normalized spacial score (nSPS) is 16.5. The first-order chi connectivity index (χ1) is 15.6. The minimum atomic E-state index is -1.21. The number of carbonyl (C=O) groups excluding carboxylic acids is 2. The van der Waals surface area contributed by atoms with Crippen molar-refractivity contribution in [3.05, 3.63) is 71.3 Å². The molecular formula is C25H33N3O3S. The van der Waals surface area contributed by atoms with E-state index in [2.05, 4.69) is 29.6 Å². The van der Waals surface area contributed by atoms with Gasteiger partial charge in [-0.3, -0.25) is 13.8 Å². The van der Waals surface area contributed by atoms with Crippen molar-refractivity contribution in [1.82, 2.24) is 10.2 Å². The van der Waals surface area contributed by atoms with Crippen LogP contribution >= 0.6 is 0 Å². The molecular weight excluding hydrogens is 422 g/mol. The van der Waals surface area contributed by atoms with Crippen LogP contribution in [0.3, 0.4) is 0 Å². The minimum absolute atomic E-state index is 0.0111. The molecule has 1 aliphatic heterocycles. The van der Waals surface area contributed by atoms with E-state index in [0.717, 1.165) is 43.2 Å². The van der Waals surface area contributed by atoms with Gasteiger partial charge in [-0.25, -0.2) is 0 Å². The summed E-state index contributed by atoms with van der Waals surface area (Å²) in [5, 5.41) is 2.52. The van der Waals surface area contributed by atoms with E-state index in [0.29, 0.717) is 18.8 Å². The van der Waals surface area contributed by atoms with Gasteiger partial charge in [0.15, 0.2) is 0 Å². The first kappa shape index (κ1) is 24.1. The van der Waals surface area contributed by atoms with Crippen LogP contribution in [0.2, 0.25) is 0 Å². The summed E-state index contributed by atoms with van der Waals surface area (Å²) in [5.74, 6) is 0.111. The van der Waals surface area contributed by atoms with Crippen LogP contribution in [0.25, 0.3) is 0 Å². The molecule has 3 N–H and O–H groups in total. The number of amides is 2. The molecule has 0 saturated carbocycles. The molecule has 0 spiro atoms. The molecule has 1 saturated heterocycles. The molecule has 1 aliphatic rings. The number of hydrogen-bond acceptors (Lipinski definition) is 4. The molecule has 2 aromatic carbocycles. The monoisotopic (exact) mass is 455 g/mol. The Morgan fingerprint density at radius 3 is 2.34 bits per heavy atom. The number of nitrogens with zero attached hydrogens (tertiary/aromatic N) is 1. The summed E-state index contributed by atoms with van der Waals surface area (Å²) in [6.45, 7) is 1.16. The number of nitrogens with two attached hydrogens (primary N) is 1. The van der Waals surface area contributed by atoms with Crippen molar-refractivity contribution in [2.24, 2.45) is 5.73 Å². The van der Waals surface area contributed by atoms with Gasteiger partial charge in [0.2, 0.25) is 11.8 Å². The number of carbonyl (C=O) groups is 2. The first-order valence-electron chi connectivity index (χ1n) is 11.3. The number of hydrogen-bond donors (Lipinski definition) is 2. The second-order valence-electron chi connectivity index (χ2n) is 8.23. The van der Waals surface area contributed by atoms with Gasteiger partial charge in [0.05, 0.1) is 12.2 Å². The summed E-state index contributed by atoms with van der Waals surface area (Å²) in [5.41, 5.74) is 9.07. The fourth-order valence-corrected chi connectivity index (χ4v) is 5.29. The summed E-state index contributed by atoms with van der Waals surface area (Å²) < 4.78 is 12.6. The Balaban J connectivity index is 1.27. The molecule has 3 rings (SSSR count). The Morgan fingerprint density at radius 1 is 0.969 bits per heavy atom. The largest absolute Gasteiger partial charge is 0.355 e. The topological polar surface area (TPSA) is 92.5 Å². The Hall–Kier alpha value is -2.51. The van der Waals surface area contributed by atoms with Crippen molar-refractivity contribution in [3.63, 3.8) is 0 Å². The van der Waals surface area contributed by atoms with Crippen LogP contribution in [0.5, 0.6) is 0 Å². The molecule has 172 valence electrons. The maximum atomic E-state index is 12.6. The lowest BCUT2D eigenvalue weighted by Crippen LogP contribution is -2.57. The van der Waals surface area contributed by atoms with Crippen molar-refractivity contribution in [2.45, 2.75) is 56.2 Å². The Kier molecular flexibility index (Phi) is 9.43. The van der Waals surface area contributed by atoms with Crippen LogP contribution in [-0.4, -0.2) is 39.4 Å². The van der Waals surface area contributed by atoms with E-state index in [1.807, 2.05) is 30.3 Å². The molecule has 0 aliphatic carbocycles. The number of nitrogens with one attached hydrogen (secondary N) is 1. The van der Waals surface area contributed by atoms with E-state index in [1.165, 1.54) is 10.5 Å². The molecule has 2 amide bonds. The Bertz CT molecular complexity index is 902. The second-order valence-corrected chi connectivity index (χ2v) is 9.82. The van der Waals surface area contributed by atoms with Gasteiger partial charge in [0, 0.05) is 23.9 Å². The molecule has 32 heavy (non-hydrogen) atoms. The third kappa shape index (κ3) is 7.28. The van der Waals surface area contributed by atoms with Gasteiger partial charge in [-0.15, -0.1) is 0 Å². The van der Waals surface area contributed by atoms with E-state index >= 15 is 0 Å². The third-order valence-corrected chi connectivity index (χ3v) is 7.41. The van der Waals surface area contributed by atoms with Crippen molar-refractivity contribution in [2.75, 3.05) is 13.1 Å². The van der Waals surface area contributed by atoms with Crippen molar-refractivity contribution in [3.8, 4) is 0 Å². The Labute approximate surface area is 193 Å². The van der Waals surface area contributed by atoms with E-state index in [9.17, 15) is 13.8 Å². The summed E-state index contributed by atoms with van der Waals surface area (Å²) >= 11 is 0. The molecule has 1 fully saturated rings. The SMILES string of the molecule is NCc1ccc(CCCCCCNC(=O)CN2C(=O)CC2S(=O)Cc2ccccc2)cc1. The molecule has 1 heterocycles. The quantitative estimate of drug-likeness (QED) is 0.359. The second kappa shape index (κ2) is 12.5. The van der Waals surface area contributed by atoms with Crippen LogP contribution < -0.4 is 11.1 Å². The van der Waals surface area contributed by atoms with Gasteiger partial charge in [0.1, 0.15) is 11.9 Å². The number of aryl methyl sites for hydroxylation is 1. The summed E-state index contributed by atoms with van der Waals surface area (Å²) in [7, 11) is -1.21. The van der Waals surface area contributed by atoms with Crippen LogP contribution in [-0.2, 0) is 39.1 Å². The van der Waals surface area contributed by atoms with Crippen molar-refractivity contribution in [1.29, 1.82) is 0 Å². The fourth-order valence-electron chi connectivity index (χ4n) is 3.77. The van der Waals surface area contributed by atoms with Gasteiger partial charge in [-0.2, -0.15) is 0 Å². The highest BCUT2D eigenvalue weighted by molar-refractivity contribution is 7.85. The predicted molar refractivity (Wildman–Crippen MR) is 128 cm³/mol. The number of likely N-dealkylation sites (tertiary alicyclic amines) is 1. The highest BCUT2D eigenvalue weighted by Crippen LogP contribution is 2.24. The van der Waals surface area contributed by atoms with Gasteiger partial charge in [-0.1, -0.05) is 67.4 Å². The number of β-lactam (4-membered cyclic amide) rings is 1. The minimum Gasteiger partial charge on any atom is -0.355 e. The molecule has 0 aromatic heterocycles. The van der Waals surface area contributed by atoms with Crippen molar-refractivity contribution < 1.29 is 13.8 Å². The van der Waals surface area contributed by atoms with E-state index in [-0.39, 0.29) is 30.2 Å². The summed E-state index contributed by atoms with van der Waals surface area (Å²) in [6, 6.07) is 18.0. The van der Waals surface area contributed by atoms with Crippen LogP contribution in [0.1, 0.15) is 48.8 Å². The maximum absolute atomic E-state index is 12.6. The summed E-state index contributed by atoms with van der Waals surface area (Å²) in [4.78, 5) is 25.6. The highest BCUT2D eigenvalue weighted by Gasteiger charge is 2.40. The van der Waals surface area contributed by atoms with Gasteiger partial charge in [-0.05, 0) is 36.0 Å². The van der Waals surface area contributed by atoms with Crippen LogP contribution in [0, 0.1) is 0 Å². The molecule has 0 bridgehead atoms. The molecule has 2 atom stereocenters. The van der Waals surface area contributed by atoms with Gasteiger partial charge >= 0.3 is 0 Å². The lowest BCUT2D eigenvalue weighted by Gasteiger charge is -2.39. The zero-order chi connectivity index (χ0) is 22.8. The number of benzene rings is 2. The molecule has 6 nitrogen and oxygen atoms in total. The smallest absolute Gasteiger partial charge is 0.239 e. The molecule has 2 unspecified atom stereocenters. The lowest BCUT2D eigenvalue weighted by molar-refractivity contribution is -0.145. The van der Waals surface area contributed by atoms with E-state index < -0.39 is 10.8 Å².